The number of anilines is 1. The molecule has 0 radical (unpaired) electrons. The molecule has 0 spiro atoms. The first-order chi connectivity index (χ1) is 11.7. The average Bonchev–Trinajstić information content (AvgIpc) is 2.60. The van der Waals surface area contributed by atoms with Gasteiger partial charge in [0.05, 0.1) is 6.54 Å². The van der Waals surface area contributed by atoms with E-state index in [1.807, 2.05) is 31.3 Å². The molecule has 1 aliphatic rings. The Labute approximate surface area is 169 Å². The number of halogens is 1. The second-order valence-electron chi connectivity index (χ2n) is 6.36. The predicted octanol–water partition coefficient (Wildman–Crippen LogP) is 3.71. The van der Waals surface area contributed by atoms with E-state index in [1.165, 1.54) is 25.7 Å². The van der Waals surface area contributed by atoms with E-state index < -0.39 is 0 Å². The van der Waals surface area contributed by atoms with Gasteiger partial charge in [-0.1, -0.05) is 17.7 Å². The molecule has 0 atom stereocenters. The zero-order valence-electron chi connectivity index (χ0n) is 15.7. The Bertz CT molecular complexity index is 569. The van der Waals surface area contributed by atoms with Crippen molar-refractivity contribution in [2.24, 2.45) is 4.99 Å². The first kappa shape index (κ1) is 21.7. The number of nitrogens with one attached hydrogen (secondary N) is 2. The molecule has 1 aromatic rings. The van der Waals surface area contributed by atoms with Crippen LogP contribution in [0.5, 0.6) is 0 Å². The maximum Gasteiger partial charge on any atom is 0.191 e. The van der Waals surface area contributed by atoms with E-state index in [0.29, 0.717) is 6.54 Å². The van der Waals surface area contributed by atoms with Crippen LogP contribution in [0.3, 0.4) is 0 Å². The van der Waals surface area contributed by atoms with E-state index in [9.17, 15) is 0 Å². The fourth-order valence-electron chi connectivity index (χ4n) is 2.94. The third-order valence-corrected chi connectivity index (χ3v) is 4.17. The number of guanidine groups is 1. The standard InChI is InChI=1S/C19H31N5.HI/c1-4-20-19(22-14-12-16-9-6-5-7-10-16)23-15-17-11-8-13-21-18(17)24(2)3;/h8-9,11,13H,4-7,10,12,14-15H2,1-3H3,(H2,20,22,23);1H. The van der Waals surface area contributed by atoms with Crippen molar-refractivity contribution >= 4 is 35.8 Å². The summed E-state index contributed by atoms with van der Waals surface area (Å²) in [6.45, 7) is 4.52. The molecule has 5 nitrogen and oxygen atoms in total. The van der Waals surface area contributed by atoms with Crippen LogP contribution < -0.4 is 15.5 Å². The Kier molecular flexibility index (Phi) is 10.5. The molecule has 0 bridgehead atoms. The average molecular weight is 457 g/mol. The van der Waals surface area contributed by atoms with Crippen LogP contribution in [0.25, 0.3) is 0 Å². The van der Waals surface area contributed by atoms with Gasteiger partial charge in [0, 0.05) is 38.9 Å². The molecule has 1 aromatic heterocycles. The first-order valence-corrected chi connectivity index (χ1v) is 9.02. The largest absolute Gasteiger partial charge is 0.362 e. The molecular weight excluding hydrogens is 425 g/mol. The van der Waals surface area contributed by atoms with Gasteiger partial charge in [0.25, 0.3) is 0 Å². The smallest absolute Gasteiger partial charge is 0.191 e. The Morgan fingerprint density at radius 2 is 2.12 bits per heavy atom. The molecule has 6 heteroatoms. The summed E-state index contributed by atoms with van der Waals surface area (Å²) in [7, 11) is 4.02. The van der Waals surface area contributed by atoms with Crippen molar-refractivity contribution in [1.29, 1.82) is 0 Å². The van der Waals surface area contributed by atoms with Crippen molar-refractivity contribution in [1.82, 2.24) is 15.6 Å². The summed E-state index contributed by atoms with van der Waals surface area (Å²) < 4.78 is 0. The van der Waals surface area contributed by atoms with E-state index in [0.717, 1.165) is 36.9 Å². The Balaban J connectivity index is 0.00000312. The second kappa shape index (κ2) is 12.1. The number of rotatable bonds is 7. The molecule has 0 amide bonds. The summed E-state index contributed by atoms with van der Waals surface area (Å²) in [6, 6.07) is 4.05. The lowest BCUT2D eigenvalue weighted by Crippen LogP contribution is -2.37. The minimum Gasteiger partial charge on any atom is -0.362 e. The van der Waals surface area contributed by atoms with Gasteiger partial charge in [-0.05, 0) is 45.1 Å². The summed E-state index contributed by atoms with van der Waals surface area (Å²) in [5.41, 5.74) is 2.72. The highest BCUT2D eigenvalue weighted by atomic mass is 127. The van der Waals surface area contributed by atoms with Crippen LogP contribution in [0.1, 0.15) is 44.6 Å². The van der Waals surface area contributed by atoms with Crippen molar-refractivity contribution < 1.29 is 0 Å². The van der Waals surface area contributed by atoms with E-state index in [4.69, 9.17) is 4.99 Å². The second-order valence-corrected chi connectivity index (χ2v) is 6.36. The van der Waals surface area contributed by atoms with Crippen molar-refractivity contribution in [3.05, 3.63) is 35.5 Å². The van der Waals surface area contributed by atoms with Gasteiger partial charge in [-0.25, -0.2) is 9.98 Å². The van der Waals surface area contributed by atoms with Crippen LogP contribution in [0, 0.1) is 0 Å². The maximum absolute atomic E-state index is 4.72. The van der Waals surface area contributed by atoms with Crippen molar-refractivity contribution in [3.63, 3.8) is 0 Å². The van der Waals surface area contributed by atoms with E-state index in [-0.39, 0.29) is 24.0 Å². The maximum atomic E-state index is 4.72. The van der Waals surface area contributed by atoms with Crippen molar-refractivity contribution in [2.45, 2.75) is 45.6 Å². The third kappa shape index (κ3) is 7.63. The van der Waals surface area contributed by atoms with Crippen molar-refractivity contribution in [2.75, 3.05) is 32.1 Å². The van der Waals surface area contributed by atoms with Gasteiger partial charge in [-0.15, -0.1) is 24.0 Å². The normalized spacial score (nSPS) is 14.4. The lowest BCUT2D eigenvalue weighted by atomic mass is 9.97. The molecule has 140 valence electrons. The summed E-state index contributed by atoms with van der Waals surface area (Å²) in [4.78, 5) is 11.2. The van der Waals surface area contributed by atoms with Crippen LogP contribution in [0.2, 0.25) is 0 Å². The van der Waals surface area contributed by atoms with Crippen LogP contribution in [0.4, 0.5) is 5.82 Å². The molecule has 25 heavy (non-hydrogen) atoms. The van der Waals surface area contributed by atoms with Gasteiger partial charge < -0.3 is 15.5 Å². The molecule has 0 saturated heterocycles. The van der Waals surface area contributed by atoms with E-state index in [1.54, 1.807) is 5.57 Å². The van der Waals surface area contributed by atoms with Crippen LogP contribution >= 0.6 is 24.0 Å². The molecule has 0 fully saturated rings. The molecule has 0 unspecified atom stereocenters. The van der Waals surface area contributed by atoms with Gasteiger partial charge in [0.15, 0.2) is 5.96 Å². The SMILES string of the molecule is CCNC(=NCc1cccnc1N(C)C)NCCC1=CCCCC1.I. The third-order valence-electron chi connectivity index (χ3n) is 4.17. The quantitative estimate of drug-likeness (QED) is 0.284. The lowest BCUT2D eigenvalue weighted by Gasteiger charge is -2.16. The Hall–Kier alpha value is -1.31. The molecule has 1 heterocycles. The number of hydrogen-bond acceptors (Lipinski definition) is 3. The van der Waals surface area contributed by atoms with E-state index in [2.05, 4.69) is 34.7 Å². The van der Waals surface area contributed by atoms with Crippen LogP contribution in [0.15, 0.2) is 35.0 Å². The molecule has 0 aliphatic heterocycles. The molecule has 1 aliphatic carbocycles. The van der Waals surface area contributed by atoms with Crippen molar-refractivity contribution in [3.8, 4) is 0 Å². The Morgan fingerprint density at radius 3 is 2.80 bits per heavy atom. The Morgan fingerprint density at radius 1 is 1.28 bits per heavy atom. The van der Waals surface area contributed by atoms with E-state index >= 15 is 0 Å². The number of aromatic nitrogens is 1. The number of nitrogens with zero attached hydrogens (tertiary/aromatic N) is 3. The highest BCUT2D eigenvalue weighted by Gasteiger charge is 2.06. The van der Waals surface area contributed by atoms with Gasteiger partial charge in [0.2, 0.25) is 0 Å². The summed E-state index contributed by atoms with van der Waals surface area (Å²) in [6.07, 6.45) is 10.5. The topological polar surface area (TPSA) is 52.6 Å². The predicted molar refractivity (Wildman–Crippen MR) is 118 cm³/mol. The van der Waals surface area contributed by atoms with Gasteiger partial charge >= 0.3 is 0 Å². The number of allylic oxidation sites excluding steroid dienone is 1. The number of pyridine rings is 1. The zero-order valence-corrected chi connectivity index (χ0v) is 18.0. The summed E-state index contributed by atoms with van der Waals surface area (Å²) in [5.74, 6) is 1.85. The highest BCUT2D eigenvalue weighted by Crippen LogP contribution is 2.19. The molecule has 0 aromatic carbocycles. The molecule has 2 N–H and O–H groups in total. The monoisotopic (exact) mass is 457 g/mol. The fraction of sp³-hybridized carbons (Fsp3) is 0.579. The molecular formula is C19H32IN5. The zero-order chi connectivity index (χ0) is 17.2. The molecule has 0 saturated carbocycles. The number of aliphatic imine (C=N–C) groups is 1. The van der Waals surface area contributed by atoms with Crippen LogP contribution in [-0.2, 0) is 6.54 Å². The van der Waals surface area contributed by atoms with Gasteiger partial charge in [-0.3, -0.25) is 0 Å². The summed E-state index contributed by atoms with van der Waals surface area (Å²) in [5, 5.41) is 6.78. The van der Waals surface area contributed by atoms with Gasteiger partial charge in [-0.2, -0.15) is 0 Å². The minimum atomic E-state index is 0. The fourth-order valence-corrected chi connectivity index (χ4v) is 2.94. The number of hydrogen-bond donors (Lipinski definition) is 2. The summed E-state index contributed by atoms with van der Waals surface area (Å²) >= 11 is 0. The highest BCUT2D eigenvalue weighted by molar-refractivity contribution is 14.0. The minimum absolute atomic E-state index is 0. The van der Waals surface area contributed by atoms with Crippen LogP contribution in [-0.4, -0.2) is 38.1 Å². The molecule has 2 rings (SSSR count). The first-order valence-electron chi connectivity index (χ1n) is 9.02. The lowest BCUT2D eigenvalue weighted by molar-refractivity contribution is 0.665. The van der Waals surface area contributed by atoms with Gasteiger partial charge in [0.1, 0.15) is 5.82 Å².